The minimum absolute atomic E-state index is 0.0617. The van der Waals surface area contributed by atoms with Gasteiger partial charge in [-0.1, -0.05) is 23.2 Å². The summed E-state index contributed by atoms with van der Waals surface area (Å²) in [6, 6.07) is 13.4. The number of benzene rings is 2. The van der Waals surface area contributed by atoms with Crippen LogP contribution in [0.1, 0.15) is 34.6 Å². The van der Waals surface area contributed by atoms with Gasteiger partial charge < -0.3 is 4.90 Å². The van der Waals surface area contributed by atoms with Gasteiger partial charge in [0, 0.05) is 34.3 Å². The minimum atomic E-state index is -0.461. The topological polar surface area (TPSA) is 37.4 Å². The van der Waals surface area contributed by atoms with Crippen LogP contribution in [0.5, 0.6) is 0 Å². The van der Waals surface area contributed by atoms with Gasteiger partial charge in [-0.15, -0.1) is 0 Å². The number of rotatable bonds is 4. The second-order valence-electron chi connectivity index (χ2n) is 4.76. The molecule has 0 aliphatic rings. The smallest absolute Gasteiger partial charge is 0.253 e. The standard InChI is InChI=1S/C11H14ClNO.C7H4Cl2O/c1-3-13(4-2)11(14)9-5-7-10(12)8-6-9;8-6-3-1-5(2-4-6)7(9)10/h5-8H,3-4H2,1-2H3;1-4H. The van der Waals surface area contributed by atoms with E-state index < -0.39 is 5.24 Å². The number of nitrogens with zero attached hydrogens (tertiary/aromatic N) is 1. The van der Waals surface area contributed by atoms with Gasteiger partial charge in [-0.25, -0.2) is 0 Å². The molecule has 0 atom stereocenters. The molecule has 24 heavy (non-hydrogen) atoms. The number of carbonyl (C=O) groups is 2. The molecular formula is C18H18Cl3NO2. The fourth-order valence-electron chi connectivity index (χ4n) is 1.87. The number of halogens is 3. The van der Waals surface area contributed by atoms with Crippen LogP contribution in [-0.2, 0) is 0 Å². The van der Waals surface area contributed by atoms with Crippen LogP contribution >= 0.6 is 34.8 Å². The quantitative estimate of drug-likeness (QED) is 0.647. The van der Waals surface area contributed by atoms with Gasteiger partial charge in [-0.05, 0) is 74.0 Å². The molecule has 0 aliphatic heterocycles. The van der Waals surface area contributed by atoms with Gasteiger partial charge >= 0.3 is 0 Å². The summed E-state index contributed by atoms with van der Waals surface area (Å²) in [5.41, 5.74) is 1.16. The molecule has 0 aliphatic carbocycles. The zero-order valence-electron chi connectivity index (χ0n) is 13.4. The Labute approximate surface area is 157 Å². The van der Waals surface area contributed by atoms with E-state index in [1.54, 1.807) is 53.4 Å². The third-order valence-electron chi connectivity index (χ3n) is 3.21. The molecule has 2 aromatic carbocycles. The normalized spacial score (nSPS) is 9.71. The summed E-state index contributed by atoms with van der Waals surface area (Å²) >= 11 is 16.5. The maximum Gasteiger partial charge on any atom is 0.253 e. The molecule has 0 saturated heterocycles. The lowest BCUT2D eigenvalue weighted by Gasteiger charge is -2.18. The van der Waals surface area contributed by atoms with E-state index in [1.165, 1.54) is 0 Å². The zero-order chi connectivity index (χ0) is 18.1. The molecular weight excluding hydrogens is 369 g/mol. The molecule has 3 nitrogen and oxygen atoms in total. The van der Waals surface area contributed by atoms with Crippen LogP contribution < -0.4 is 0 Å². The van der Waals surface area contributed by atoms with Crippen LogP contribution in [-0.4, -0.2) is 29.1 Å². The van der Waals surface area contributed by atoms with Crippen LogP contribution in [0.25, 0.3) is 0 Å². The molecule has 0 radical (unpaired) electrons. The van der Waals surface area contributed by atoms with Crippen molar-refractivity contribution in [3.63, 3.8) is 0 Å². The average molecular weight is 387 g/mol. The summed E-state index contributed by atoms with van der Waals surface area (Å²) < 4.78 is 0. The summed E-state index contributed by atoms with van der Waals surface area (Å²) in [7, 11) is 0. The van der Waals surface area contributed by atoms with Gasteiger partial charge in [0.05, 0.1) is 0 Å². The summed E-state index contributed by atoms with van der Waals surface area (Å²) in [5, 5.41) is 0.791. The van der Waals surface area contributed by atoms with Gasteiger partial charge in [-0.3, -0.25) is 9.59 Å². The first-order chi connectivity index (χ1) is 11.4. The zero-order valence-corrected chi connectivity index (χ0v) is 15.7. The maximum absolute atomic E-state index is 11.8. The Kier molecular flexibility index (Phi) is 8.83. The van der Waals surface area contributed by atoms with Crippen molar-refractivity contribution in [2.45, 2.75) is 13.8 Å². The highest BCUT2D eigenvalue weighted by atomic mass is 35.5. The molecule has 0 bridgehead atoms. The first kappa shape index (κ1) is 20.5. The Morgan fingerprint density at radius 3 is 1.50 bits per heavy atom. The first-order valence-corrected chi connectivity index (χ1v) is 8.52. The number of hydrogen-bond acceptors (Lipinski definition) is 2. The predicted octanol–water partition coefficient (Wildman–Crippen LogP) is 5.54. The van der Waals surface area contributed by atoms with Crippen LogP contribution in [0.15, 0.2) is 48.5 Å². The lowest BCUT2D eigenvalue weighted by Crippen LogP contribution is -2.30. The molecule has 0 N–H and O–H groups in total. The monoisotopic (exact) mass is 385 g/mol. The van der Waals surface area contributed by atoms with E-state index in [0.29, 0.717) is 21.2 Å². The fourth-order valence-corrected chi connectivity index (χ4v) is 2.24. The van der Waals surface area contributed by atoms with E-state index in [0.717, 1.165) is 13.1 Å². The Bertz CT molecular complexity index is 666. The Morgan fingerprint density at radius 1 is 0.792 bits per heavy atom. The maximum atomic E-state index is 11.8. The van der Waals surface area contributed by atoms with Crippen molar-refractivity contribution in [1.29, 1.82) is 0 Å². The largest absolute Gasteiger partial charge is 0.339 e. The van der Waals surface area contributed by atoms with Gasteiger partial charge in [0.2, 0.25) is 0 Å². The molecule has 0 fully saturated rings. The molecule has 128 valence electrons. The summed E-state index contributed by atoms with van der Waals surface area (Å²) in [5.74, 6) is 0.0617. The van der Waals surface area contributed by atoms with E-state index >= 15 is 0 Å². The van der Waals surface area contributed by atoms with Gasteiger partial charge in [-0.2, -0.15) is 0 Å². The van der Waals surface area contributed by atoms with E-state index in [4.69, 9.17) is 34.8 Å². The van der Waals surface area contributed by atoms with Crippen LogP contribution in [0.3, 0.4) is 0 Å². The SMILES string of the molecule is CCN(CC)C(=O)c1ccc(Cl)cc1.O=C(Cl)c1ccc(Cl)cc1. The number of hydrogen-bond donors (Lipinski definition) is 0. The van der Waals surface area contributed by atoms with Gasteiger partial charge in [0.1, 0.15) is 0 Å². The molecule has 1 amide bonds. The van der Waals surface area contributed by atoms with E-state index in [2.05, 4.69) is 0 Å². The van der Waals surface area contributed by atoms with Crippen molar-refractivity contribution < 1.29 is 9.59 Å². The number of carbonyl (C=O) groups excluding carboxylic acids is 2. The van der Waals surface area contributed by atoms with E-state index in [9.17, 15) is 9.59 Å². The second kappa shape index (κ2) is 10.3. The molecule has 0 heterocycles. The summed E-state index contributed by atoms with van der Waals surface area (Å²) in [4.78, 5) is 24.1. The third kappa shape index (κ3) is 6.52. The Balaban J connectivity index is 0.000000254. The van der Waals surface area contributed by atoms with Crippen LogP contribution in [0.2, 0.25) is 10.0 Å². The van der Waals surface area contributed by atoms with Crippen molar-refractivity contribution in [3.8, 4) is 0 Å². The third-order valence-corrected chi connectivity index (χ3v) is 3.94. The highest BCUT2D eigenvalue weighted by molar-refractivity contribution is 6.67. The van der Waals surface area contributed by atoms with Crippen LogP contribution in [0.4, 0.5) is 0 Å². The summed E-state index contributed by atoms with van der Waals surface area (Å²) in [6.45, 7) is 5.41. The fraction of sp³-hybridized carbons (Fsp3) is 0.222. The molecule has 0 spiro atoms. The van der Waals surface area contributed by atoms with Crippen molar-refractivity contribution >= 4 is 46.0 Å². The molecule has 0 saturated carbocycles. The second-order valence-corrected chi connectivity index (χ2v) is 5.98. The predicted molar refractivity (Wildman–Crippen MR) is 100 cm³/mol. The highest BCUT2D eigenvalue weighted by Crippen LogP contribution is 2.12. The van der Waals surface area contributed by atoms with Gasteiger partial charge in [0.15, 0.2) is 0 Å². The molecule has 0 aromatic heterocycles. The highest BCUT2D eigenvalue weighted by Gasteiger charge is 2.11. The van der Waals surface area contributed by atoms with Crippen molar-refractivity contribution in [3.05, 3.63) is 69.7 Å². The van der Waals surface area contributed by atoms with Crippen molar-refractivity contribution in [1.82, 2.24) is 4.90 Å². The van der Waals surface area contributed by atoms with Gasteiger partial charge in [0.25, 0.3) is 11.1 Å². The lowest BCUT2D eigenvalue weighted by molar-refractivity contribution is 0.0773. The van der Waals surface area contributed by atoms with Crippen molar-refractivity contribution in [2.75, 3.05) is 13.1 Å². The molecule has 0 unspecified atom stereocenters. The molecule has 6 heteroatoms. The van der Waals surface area contributed by atoms with Crippen molar-refractivity contribution in [2.24, 2.45) is 0 Å². The Morgan fingerprint density at radius 2 is 1.17 bits per heavy atom. The minimum Gasteiger partial charge on any atom is -0.339 e. The molecule has 2 aromatic rings. The summed E-state index contributed by atoms with van der Waals surface area (Å²) in [6.07, 6.45) is 0. The van der Waals surface area contributed by atoms with Crippen LogP contribution in [0, 0.1) is 0 Å². The average Bonchev–Trinajstić information content (AvgIpc) is 2.57. The van der Waals surface area contributed by atoms with E-state index in [-0.39, 0.29) is 5.91 Å². The Hall–Kier alpha value is -1.55. The lowest BCUT2D eigenvalue weighted by atomic mass is 10.2. The number of amides is 1. The molecule has 2 rings (SSSR count). The van der Waals surface area contributed by atoms with E-state index in [1.807, 2.05) is 13.8 Å². The first-order valence-electron chi connectivity index (χ1n) is 7.39.